The maximum atomic E-state index is 5.14. The van der Waals surface area contributed by atoms with E-state index in [1.54, 1.807) is 0 Å². The number of aryl methyl sites for hydroxylation is 1. The topological polar surface area (TPSA) is 35.2 Å². The Labute approximate surface area is 98.9 Å². The van der Waals surface area contributed by atoms with Gasteiger partial charge in [-0.25, -0.2) is 5.90 Å². The summed E-state index contributed by atoms with van der Waals surface area (Å²) < 4.78 is 1.15. The molecule has 3 heteroatoms. The number of hydrogen-bond donors (Lipinski definition) is 1. The van der Waals surface area contributed by atoms with Gasteiger partial charge in [-0.05, 0) is 48.8 Å². The van der Waals surface area contributed by atoms with Crippen molar-refractivity contribution in [3.63, 3.8) is 0 Å². The van der Waals surface area contributed by atoms with Crippen molar-refractivity contribution in [2.45, 2.75) is 25.7 Å². The van der Waals surface area contributed by atoms with Gasteiger partial charge in [-0.1, -0.05) is 28.1 Å². The van der Waals surface area contributed by atoms with Crippen LogP contribution in [0.3, 0.4) is 0 Å². The normalized spacial score (nSPS) is 17.7. The van der Waals surface area contributed by atoms with Crippen LogP contribution in [0, 0.1) is 5.41 Å². The Bertz CT molecular complexity index is 336. The summed E-state index contributed by atoms with van der Waals surface area (Å²) in [5.74, 6) is 5.14. The van der Waals surface area contributed by atoms with Crippen LogP contribution >= 0.6 is 15.9 Å². The van der Waals surface area contributed by atoms with Gasteiger partial charge < -0.3 is 4.84 Å². The lowest BCUT2D eigenvalue weighted by atomic mass is 9.98. The lowest BCUT2D eigenvalue weighted by Gasteiger charge is -2.12. The second kappa shape index (κ2) is 4.64. The summed E-state index contributed by atoms with van der Waals surface area (Å²) in [5.41, 5.74) is 1.77. The zero-order chi connectivity index (χ0) is 10.7. The predicted molar refractivity (Wildman–Crippen MR) is 64.3 cm³/mol. The van der Waals surface area contributed by atoms with Gasteiger partial charge in [0.1, 0.15) is 0 Å². The Morgan fingerprint density at radius 2 is 2.20 bits per heavy atom. The third-order valence-electron chi connectivity index (χ3n) is 3.18. The highest BCUT2D eigenvalue weighted by molar-refractivity contribution is 9.10. The number of hydrogen-bond acceptors (Lipinski definition) is 2. The molecule has 15 heavy (non-hydrogen) atoms. The van der Waals surface area contributed by atoms with E-state index < -0.39 is 0 Å². The van der Waals surface area contributed by atoms with Crippen molar-refractivity contribution >= 4 is 15.9 Å². The highest BCUT2D eigenvalue weighted by atomic mass is 79.9. The summed E-state index contributed by atoms with van der Waals surface area (Å²) >= 11 is 3.48. The molecule has 1 aliphatic rings. The zero-order valence-electron chi connectivity index (χ0n) is 8.71. The first-order chi connectivity index (χ1) is 7.24. The third-order valence-corrected chi connectivity index (χ3v) is 3.67. The number of nitrogens with two attached hydrogens (primary N) is 1. The molecule has 82 valence electrons. The van der Waals surface area contributed by atoms with E-state index >= 15 is 0 Å². The maximum Gasteiger partial charge on any atom is 0.0735 e. The predicted octanol–water partition coefficient (Wildman–Crippen LogP) is 3.05. The van der Waals surface area contributed by atoms with Crippen LogP contribution in [0.15, 0.2) is 28.7 Å². The van der Waals surface area contributed by atoms with Crippen LogP contribution in [0.4, 0.5) is 0 Å². The lowest BCUT2D eigenvalue weighted by Crippen LogP contribution is -2.14. The zero-order valence-corrected chi connectivity index (χ0v) is 10.3. The molecular formula is C12H16BrNO. The molecule has 0 unspecified atom stereocenters. The monoisotopic (exact) mass is 269 g/mol. The first kappa shape index (κ1) is 11.1. The Morgan fingerprint density at radius 3 is 2.80 bits per heavy atom. The molecule has 0 aromatic heterocycles. The van der Waals surface area contributed by atoms with Crippen LogP contribution in [0.2, 0.25) is 0 Å². The summed E-state index contributed by atoms with van der Waals surface area (Å²) in [6.07, 6.45) is 4.82. The molecular weight excluding hydrogens is 254 g/mol. The van der Waals surface area contributed by atoms with E-state index in [1.807, 2.05) is 0 Å². The quantitative estimate of drug-likeness (QED) is 0.834. The van der Waals surface area contributed by atoms with Gasteiger partial charge in [0, 0.05) is 4.47 Å². The molecule has 0 amide bonds. The minimum atomic E-state index is 0.386. The third kappa shape index (κ3) is 3.03. The van der Waals surface area contributed by atoms with E-state index in [0.29, 0.717) is 12.0 Å². The van der Waals surface area contributed by atoms with Crippen molar-refractivity contribution in [1.29, 1.82) is 0 Å². The molecule has 1 aromatic carbocycles. The van der Waals surface area contributed by atoms with E-state index in [2.05, 4.69) is 40.2 Å². The summed E-state index contributed by atoms with van der Waals surface area (Å²) in [4.78, 5) is 4.77. The van der Waals surface area contributed by atoms with Crippen LogP contribution in [0.1, 0.15) is 24.8 Å². The molecule has 0 heterocycles. The smallest absolute Gasteiger partial charge is 0.0735 e. The van der Waals surface area contributed by atoms with Crippen LogP contribution in [-0.4, -0.2) is 6.61 Å². The van der Waals surface area contributed by atoms with Gasteiger partial charge in [-0.2, -0.15) is 0 Å². The largest absolute Gasteiger partial charge is 0.304 e. The molecule has 1 aliphatic carbocycles. The SMILES string of the molecule is NOCC1(CCc2cccc(Br)c2)CC1. The first-order valence-electron chi connectivity index (χ1n) is 5.30. The molecule has 0 saturated heterocycles. The van der Waals surface area contributed by atoms with Gasteiger partial charge in [0.15, 0.2) is 0 Å². The summed E-state index contributed by atoms with van der Waals surface area (Å²) in [6, 6.07) is 8.49. The average Bonchev–Trinajstić information content (AvgIpc) is 2.97. The van der Waals surface area contributed by atoms with Crippen LogP contribution in [0.5, 0.6) is 0 Å². The maximum absolute atomic E-state index is 5.14. The molecule has 1 saturated carbocycles. The highest BCUT2D eigenvalue weighted by Gasteiger charge is 2.42. The molecule has 2 N–H and O–H groups in total. The molecule has 2 nitrogen and oxygen atoms in total. The van der Waals surface area contributed by atoms with Crippen molar-refractivity contribution in [3.8, 4) is 0 Å². The molecule has 0 aliphatic heterocycles. The van der Waals surface area contributed by atoms with E-state index in [4.69, 9.17) is 10.7 Å². The number of halogens is 1. The van der Waals surface area contributed by atoms with Crippen LogP contribution in [0.25, 0.3) is 0 Å². The highest BCUT2D eigenvalue weighted by Crippen LogP contribution is 2.49. The number of benzene rings is 1. The van der Waals surface area contributed by atoms with Crippen molar-refractivity contribution < 1.29 is 4.84 Å². The van der Waals surface area contributed by atoms with Gasteiger partial charge in [-0.3, -0.25) is 0 Å². The fourth-order valence-electron chi connectivity index (χ4n) is 1.92. The van der Waals surface area contributed by atoms with Gasteiger partial charge in [-0.15, -0.1) is 0 Å². The van der Waals surface area contributed by atoms with E-state index in [0.717, 1.165) is 10.9 Å². The molecule has 0 atom stereocenters. The average molecular weight is 270 g/mol. The summed E-state index contributed by atoms with van der Waals surface area (Å²) in [6.45, 7) is 0.709. The fraction of sp³-hybridized carbons (Fsp3) is 0.500. The second-order valence-corrected chi connectivity index (χ2v) is 5.36. The standard InChI is InChI=1S/C12H16BrNO/c13-11-3-1-2-10(8-11)4-5-12(6-7-12)9-15-14/h1-3,8H,4-7,9,14H2. The molecule has 0 radical (unpaired) electrons. The fourth-order valence-corrected chi connectivity index (χ4v) is 2.37. The van der Waals surface area contributed by atoms with Crippen molar-refractivity contribution in [2.24, 2.45) is 11.3 Å². The minimum Gasteiger partial charge on any atom is -0.304 e. The molecule has 0 bridgehead atoms. The van der Waals surface area contributed by atoms with E-state index in [1.165, 1.54) is 24.8 Å². The molecule has 2 rings (SSSR count). The van der Waals surface area contributed by atoms with Gasteiger partial charge in [0.05, 0.1) is 6.61 Å². The van der Waals surface area contributed by atoms with Crippen molar-refractivity contribution in [3.05, 3.63) is 34.3 Å². The number of rotatable bonds is 5. The Balaban J connectivity index is 1.88. The second-order valence-electron chi connectivity index (χ2n) is 4.44. The lowest BCUT2D eigenvalue weighted by molar-refractivity contribution is 0.0882. The van der Waals surface area contributed by atoms with Crippen molar-refractivity contribution in [1.82, 2.24) is 0 Å². The molecule has 1 aromatic rings. The van der Waals surface area contributed by atoms with Gasteiger partial charge >= 0.3 is 0 Å². The molecule has 0 spiro atoms. The van der Waals surface area contributed by atoms with Crippen molar-refractivity contribution in [2.75, 3.05) is 6.61 Å². The van der Waals surface area contributed by atoms with Crippen LogP contribution < -0.4 is 5.90 Å². The van der Waals surface area contributed by atoms with Crippen LogP contribution in [-0.2, 0) is 11.3 Å². The Hall–Kier alpha value is -0.380. The summed E-state index contributed by atoms with van der Waals surface area (Å²) in [5, 5.41) is 0. The minimum absolute atomic E-state index is 0.386. The van der Waals surface area contributed by atoms with E-state index in [-0.39, 0.29) is 0 Å². The van der Waals surface area contributed by atoms with Gasteiger partial charge in [0.2, 0.25) is 0 Å². The first-order valence-corrected chi connectivity index (χ1v) is 6.10. The van der Waals surface area contributed by atoms with E-state index in [9.17, 15) is 0 Å². The Morgan fingerprint density at radius 1 is 1.40 bits per heavy atom. The molecule has 1 fully saturated rings. The summed E-state index contributed by atoms with van der Waals surface area (Å²) in [7, 11) is 0. The Kier molecular flexibility index (Phi) is 3.44. The van der Waals surface area contributed by atoms with Gasteiger partial charge in [0.25, 0.3) is 0 Å².